The van der Waals surface area contributed by atoms with Crippen molar-refractivity contribution in [2.75, 3.05) is 50.6 Å². The van der Waals surface area contributed by atoms with E-state index in [2.05, 4.69) is 58.8 Å². The fraction of sp³-hybridized carbons (Fsp3) is 0.677. The first kappa shape index (κ1) is 27.2. The van der Waals surface area contributed by atoms with Crippen LogP contribution in [0.5, 0.6) is 5.75 Å². The van der Waals surface area contributed by atoms with E-state index in [4.69, 9.17) is 14.7 Å². The highest BCUT2D eigenvalue weighted by atomic mass is 16.5. The van der Waals surface area contributed by atoms with Crippen LogP contribution in [0.25, 0.3) is 0 Å². The third kappa shape index (κ3) is 7.38. The zero-order chi connectivity index (χ0) is 26.2. The fourth-order valence-corrected chi connectivity index (χ4v) is 6.25. The Balaban J connectivity index is 1.18. The standard InChI is InChI=1S/C31H48N6O/c1-36(2)19-10-22-38-25-17-15-24(16-18-25)23-32-28-13-9-14-29(28)34-31-33-27-12-6-5-11-26(27)30(35-31)37-20-7-3-4-8-21-37/h15-18,28-29,32H,3-14,19-23H2,1-2H3,(H,33,34,35). The van der Waals surface area contributed by atoms with Gasteiger partial charge in [-0.2, -0.15) is 4.98 Å². The first-order valence-electron chi connectivity index (χ1n) is 15.2. The molecule has 2 heterocycles. The van der Waals surface area contributed by atoms with Crippen LogP contribution in [0.4, 0.5) is 11.8 Å². The number of ether oxygens (including phenoxy) is 1. The Kier molecular flexibility index (Phi) is 9.74. The smallest absolute Gasteiger partial charge is 0.225 e. The van der Waals surface area contributed by atoms with Gasteiger partial charge in [0.2, 0.25) is 5.95 Å². The van der Waals surface area contributed by atoms with Crippen LogP contribution in [0, 0.1) is 0 Å². The first-order valence-corrected chi connectivity index (χ1v) is 15.2. The fourth-order valence-electron chi connectivity index (χ4n) is 6.25. The zero-order valence-electron chi connectivity index (χ0n) is 23.7. The lowest BCUT2D eigenvalue weighted by Crippen LogP contribution is -2.40. The maximum absolute atomic E-state index is 5.90. The third-order valence-corrected chi connectivity index (χ3v) is 8.41. The summed E-state index contributed by atoms with van der Waals surface area (Å²) in [7, 11) is 4.19. The molecule has 0 spiro atoms. The second kappa shape index (κ2) is 13.6. The molecular formula is C31H48N6O. The summed E-state index contributed by atoms with van der Waals surface area (Å²) in [5.74, 6) is 3.03. The van der Waals surface area contributed by atoms with Crippen molar-refractivity contribution in [3.63, 3.8) is 0 Å². The second-order valence-corrected chi connectivity index (χ2v) is 11.7. The van der Waals surface area contributed by atoms with E-state index in [0.29, 0.717) is 12.1 Å². The van der Waals surface area contributed by atoms with E-state index in [1.165, 1.54) is 74.0 Å². The van der Waals surface area contributed by atoms with Crippen LogP contribution in [0.3, 0.4) is 0 Å². The number of aryl methyl sites for hydroxylation is 1. The van der Waals surface area contributed by atoms with Gasteiger partial charge in [-0.15, -0.1) is 0 Å². The molecule has 38 heavy (non-hydrogen) atoms. The Bertz CT molecular complexity index is 1000. The summed E-state index contributed by atoms with van der Waals surface area (Å²) in [6.07, 6.45) is 14.6. The van der Waals surface area contributed by atoms with Crippen molar-refractivity contribution < 1.29 is 4.74 Å². The van der Waals surface area contributed by atoms with Gasteiger partial charge in [0.1, 0.15) is 11.6 Å². The number of nitrogens with one attached hydrogen (secondary N) is 2. The average Bonchev–Trinajstić information content (AvgIpc) is 3.19. The molecule has 2 unspecified atom stereocenters. The third-order valence-electron chi connectivity index (χ3n) is 8.41. The normalized spacial score (nSPS) is 21.8. The molecule has 0 radical (unpaired) electrons. The zero-order valence-corrected chi connectivity index (χ0v) is 23.7. The van der Waals surface area contributed by atoms with Gasteiger partial charge in [-0.3, -0.25) is 0 Å². The molecule has 2 atom stereocenters. The van der Waals surface area contributed by atoms with Crippen LogP contribution in [0.15, 0.2) is 24.3 Å². The van der Waals surface area contributed by atoms with Crippen molar-refractivity contribution in [1.29, 1.82) is 0 Å². The summed E-state index contributed by atoms with van der Waals surface area (Å²) < 4.78 is 5.90. The summed E-state index contributed by atoms with van der Waals surface area (Å²) in [6.45, 7) is 4.95. The molecule has 208 valence electrons. The number of benzene rings is 1. The van der Waals surface area contributed by atoms with Gasteiger partial charge in [0.25, 0.3) is 0 Å². The van der Waals surface area contributed by atoms with E-state index in [9.17, 15) is 0 Å². The van der Waals surface area contributed by atoms with E-state index in [1.807, 2.05) is 0 Å². The Hall–Kier alpha value is -2.38. The lowest BCUT2D eigenvalue weighted by Gasteiger charge is -2.29. The van der Waals surface area contributed by atoms with Crippen molar-refractivity contribution in [2.45, 2.75) is 95.7 Å². The molecule has 1 aromatic heterocycles. The van der Waals surface area contributed by atoms with Gasteiger partial charge in [0.05, 0.1) is 12.3 Å². The largest absolute Gasteiger partial charge is 0.494 e. The molecule has 2 aromatic rings. The lowest BCUT2D eigenvalue weighted by molar-refractivity contribution is 0.281. The number of aromatic nitrogens is 2. The predicted octanol–water partition coefficient (Wildman–Crippen LogP) is 5.19. The van der Waals surface area contributed by atoms with Crippen LogP contribution in [0.1, 0.15) is 81.0 Å². The van der Waals surface area contributed by atoms with Crippen molar-refractivity contribution in [3.8, 4) is 5.75 Å². The van der Waals surface area contributed by atoms with Crippen LogP contribution in [-0.2, 0) is 19.4 Å². The van der Waals surface area contributed by atoms with E-state index >= 15 is 0 Å². The van der Waals surface area contributed by atoms with Gasteiger partial charge < -0.3 is 25.2 Å². The highest BCUT2D eigenvalue weighted by Gasteiger charge is 2.29. The van der Waals surface area contributed by atoms with E-state index in [0.717, 1.165) is 70.2 Å². The molecular weight excluding hydrogens is 472 g/mol. The predicted molar refractivity (Wildman–Crippen MR) is 156 cm³/mol. The summed E-state index contributed by atoms with van der Waals surface area (Å²) in [4.78, 5) is 15.0. The molecule has 2 aliphatic carbocycles. The molecule has 7 heteroatoms. The maximum Gasteiger partial charge on any atom is 0.225 e. The first-order chi connectivity index (χ1) is 18.7. The summed E-state index contributed by atoms with van der Waals surface area (Å²) in [6, 6.07) is 9.37. The summed E-state index contributed by atoms with van der Waals surface area (Å²) >= 11 is 0. The molecule has 7 nitrogen and oxygen atoms in total. The topological polar surface area (TPSA) is 65.6 Å². The highest BCUT2D eigenvalue weighted by molar-refractivity contribution is 5.54. The Morgan fingerprint density at radius 3 is 2.45 bits per heavy atom. The Morgan fingerprint density at radius 1 is 0.895 bits per heavy atom. The van der Waals surface area contributed by atoms with Crippen LogP contribution >= 0.6 is 0 Å². The quantitative estimate of drug-likeness (QED) is 0.395. The number of anilines is 2. The number of hydrogen-bond acceptors (Lipinski definition) is 7. The van der Waals surface area contributed by atoms with Crippen molar-refractivity contribution in [2.24, 2.45) is 0 Å². The van der Waals surface area contributed by atoms with Gasteiger partial charge in [0, 0.05) is 43.8 Å². The Labute approximate surface area is 229 Å². The van der Waals surface area contributed by atoms with Crippen molar-refractivity contribution >= 4 is 11.8 Å². The lowest BCUT2D eigenvalue weighted by atomic mass is 9.96. The van der Waals surface area contributed by atoms with Gasteiger partial charge in [-0.1, -0.05) is 25.0 Å². The number of rotatable bonds is 11. The van der Waals surface area contributed by atoms with Crippen LogP contribution < -0.4 is 20.3 Å². The maximum atomic E-state index is 5.90. The van der Waals surface area contributed by atoms with Crippen molar-refractivity contribution in [1.82, 2.24) is 20.2 Å². The minimum atomic E-state index is 0.368. The van der Waals surface area contributed by atoms with E-state index in [-0.39, 0.29) is 0 Å². The van der Waals surface area contributed by atoms with Crippen LogP contribution in [0.2, 0.25) is 0 Å². The molecule has 1 aliphatic heterocycles. The number of hydrogen-bond donors (Lipinski definition) is 2. The minimum Gasteiger partial charge on any atom is -0.494 e. The molecule has 1 aromatic carbocycles. The monoisotopic (exact) mass is 520 g/mol. The van der Waals surface area contributed by atoms with Gasteiger partial charge >= 0.3 is 0 Å². The molecule has 2 N–H and O–H groups in total. The van der Waals surface area contributed by atoms with Gasteiger partial charge in [-0.25, -0.2) is 4.98 Å². The second-order valence-electron chi connectivity index (χ2n) is 11.7. The van der Waals surface area contributed by atoms with E-state index in [1.54, 1.807) is 0 Å². The highest BCUT2D eigenvalue weighted by Crippen LogP contribution is 2.32. The van der Waals surface area contributed by atoms with Gasteiger partial charge in [-0.05, 0) is 96.0 Å². The number of fused-ring (bicyclic) bond motifs is 1. The number of nitrogens with zero attached hydrogens (tertiary/aromatic N) is 4. The minimum absolute atomic E-state index is 0.368. The molecule has 1 saturated carbocycles. The molecule has 2 fully saturated rings. The van der Waals surface area contributed by atoms with E-state index < -0.39 is 0 Å². The molecule has 0 bridgehead atoms. The van der Waals surface area contributed by atoms with Crippen LogP contribution in [-0.4, -0.2) is 67.3 Å². The summed E-state index contributed by atoms with van der Waals surface area (Å²) in [5.41, 5.74) is 4.01. The molecule has 1 saturated heterocycles. The average molecular weight is 521 g/mol. The Morgan fingerprint density at radius 2 is 1.66 bits per heavy atom. The van der Waals surface area contributed by atoms with Crippen molar-refractivity contribution in [3.05, 3.63) is 41.1 Å². The van der Waals surface area contributed by atoms with Gasteiger partial charge in [0.15, 0.2) is 0 Å². The molecule has 3 aliphatic rings. The molecule has 5 rings (SSSR count). The SMILES string of the molecule is CN(C)CCCOc1ccc(CNC2CCCC2Nc2nc3c(c(N4CCCCCC4)n2)CCCC3)cc1. The molecule has 0 amide bonds. The summed E-state index contributed by atoms with van der Waals surface area (Å²) in [5, 5.41) is 7.61.